The zero-order valence-electron chi connectivity index (χ0n) is 6.72. The van der Waals surface area contributed by atoms with Gasteiger partial charge in [0.25, 0.3) is 0 Å². The summed E-state index contributed by atoms with van der Waals surface area (Å²) in [5, 5.41) is 0. The Bertz CT molecular complexity index is 168. The quantitative estimate of drug-likeness (QED) is 0.504. The summed E-state index contributed by atoms with van der Waals surface area (Å²) < 4.78 is 0. The van der Waals surface area contributed by atoms with E-state index in [1.807, 2.05) is 26.8 Å². The molecule has 2 nitrogen and oxygen atoms in total. The number of amides is 1. The highest BCUT2D eigenvalue weighted by molar-refractivity contribution is 5.93. The maximum absolute atomic E-state index is 10.4. The molecule has 0 unspecified atom stereocenters. The molecule has 2 heteroatoms. The third kappa shape index (κ3) is 3.17. The van der Waals surface area contributed by atoms with Crippen molar-refractivity contribution in [2.75, 3.05) is 0 Å². The number of allylic oxidation sites excluding steroid dienone is 1. The monoisotopic (exact) mass is 139 g/mol. The van der Waals surface area contributed by atoms with E-state index in [0.717, 1.165) is 5.57 Å². The van der Waals surface area contributed by atoms with Crippen LogP contribution >= 0.6 is 0 Å². The molecule has 0 bridgehead atoms. The highest BCUT2D eigenvalue weighted by Crippen LogP contribution is 2.03. The van der Waals surface area contributed by atoms with Gasteiger partial charge in [-0.1, -0.05) is 19.4 Å². The number of carbonyl (C=O) groups excluding carboxylic acids is 1. The van der Waals surface area contributed by atoms with Crippen molar-refractivity contribution in [1.82, 2.24) is 0 Å². The van der Waals surface area contributed by atoms with E-state index in [0.29, 0.717) is 6.42 Å². The maximum atomic E-state index is 10.4. The van der Waals surface area contributed by atoms with E-state index in [-0.39, 0.29) is 5.91 Å². The number of aliphatic imine (C=N–C) groups is 1. The van der Waals surface area contributed by atoms with Crippen molar-refractivity contribution in [2.24, 2.45) is 4.99 Å². The fourth-order valence-corrected chi connectivity index (χ4v) is 0.591. The van der Waals surface area contributed by atoms with Crippen LogP contribution in [0.15, 0.2) is 16.6 Å². The SMILES string of the molecule is CC.CC1=CC=NC(=O)C1. The number of hydrogen-bond acceptors (Lipinski definition) is 1. The topological polar surface area (TPSA) is 29.4 Å². The molecule has 56 valence electrons. The minimum Gasteiger partial charge on any atom is -0.272 e. The summed E-state index contributed by atoms with van der Waals surface area (Å²) in [7, 11) is 0. The molecule has 0 spiro atoms. The van der Waals surface area contributed by atoms with Crippen molar-refractivity contribution >= 4 is 12.1 Å². The third-order valence-electron chi connectivity index (χ3n) is 1.01. The molecule has 0 aromatic carbocycles. The zero-order valence-corrected chi connectivity index (χ0v) is 6.72. The lowest BCUT2D eigenvalue weighted by Crippen LogP contribution is -1.98. The molecule has 0 saturated heterocycles. The maximum Gasteiger partial charge on any atom is 0.249 e. The highest BCUT2D eigenvalue weighted by atomic mass is 16.1. The fourth-order valence-electron chi connectivity index (χ4n) is 0.591. The van der Waals surface area contributed by atoms with E-state index in [9.17, 15) is 4.79 Å². The number of dihydropyridines is 1. The van der Waals surface area contributed by atoms with Gasteiger partial charge in [0.15, 0.2) is 0 Å². The molecule has 0 aliphatic carbocycles. The van der Waals surface area contributed by atoms with Crippen LogP contribution in [0.2, 0.25) is 0 Å². The molecule has 1 amide bonds. The summed E-state index contributed by atoms with van der Waals surface area (Å²) >= 11 is 0. The largest absolute Gasteiger partial charge is 0.272 e. The van der Waals surface area contributed by atoms with E-state index >= 15 is 0 Å². The van der Waals surface area contributed by atoms with Crippen molar-refractivity contribution in [3.8, 4) is 0 Å². The van der Waals surface area contributed by atoms with Crippen LogP contribution in [-0.2, 0) is 4.79 Å². The Kier molecular flexibility index (Phi) is 4.46. The first kappa shape index (κ1) is 9.08. The summed E-state index contributed by atoms with van der Waals surface area (Å²) in [6, 6.07) is 0. The van der Waals surface area contributed by atoms with Crippen LogP contribution in [0.1, 0.15) is 27.2 Å². The molecular formula is C8H13NO. The molecule has 0 aromatic heterocycles. The Balaban J connectivity index is 0.000000371. The van der Waals surface area contributed by atoms with Gasteiger partial charge in [-0.3, -0.25) is 4.79 Å². The minimum atomic E-state index is -0.0370. The average Bonchev–Trinajstić information content (AvgIpc) is 1.91. The molecular weight excluding hydrogens is 126 g/mol. The Labute approximate surface area is 61.7 Å². The van der Waals surface area contributed by atoms with Gasteiger partial charge in [0.2, 0.25) is 5.91 Å². The van der Waals surface area contributed by atoms with Crippen LogP contribution in [0.5, 0.6) is 0 Å². The summed E-state index contributed by atoms with van der Waals surface area (Å²) in [4.78, 5) is 14.0. The number of nitrogens with zero attached hydrogens (tertiary/aromatic N) is 1. The Morgan fingerprint density at radius 1 is 1.50 bits per heavy atom. The smallest absolute Gasteiger partial charge is 0.249 e. The van der Waals surface area contributed by atoms with Crippen molar-refractivity contribution in [1.29, 1.82) is 0 Å². The number of hydrogen-bond donors (Lipinski definition) is 0. The number of rotatable bonds is 0. The van der Waals surface area contributed by atoms with Gasteiger partial charge >= 0.3 is 0 Å². The second-order valence-corrected chi connectivity index (χ2v) is 1.86. The lowest BCUT2D eigenvalue weighted by atomic mass is 10.2. The molecule has 0 saturated carbocycles. The Morgan fingerprint density at radius 3 is 2.40 bits per heavy atom. The van der Waals surface area contributed by atoms with Gasteiger partial charge in [0, 0.05) is 6.21 Å². The molecule has 0 aromatic rings. The molecule has 0 radical (unpaired) electrons. The van der Waals surface area contributed by atoms with Crippen LogP contribution < -0.4 is 0 Å². The van der Waals surface area contributed by atoms with Crippen LogP contribution in [-0.4, -0.2) is 12.1 Å². The van der Waals surface area contributed by atoms with Gasteiger partial charge in [-0.05, 0) is 13.0 Å². The molecule has 0 fully saturated rings. The predicted molar refractivity (Wildman–Crippen MR) is 43.2 cm³/mol. The second-order valence-electron chi connectivity index (χ2n) is 1.86. The van der Waals surface area contributed by atoms with Crippen molar-refractivity contribution in [3.63, 3.8) is 0 Å². The van der Waals surface area contributed by atoms with Gasteiger partial charge in [-0.25, -0.2) is 4.99 Å². The first-order valence-electron chi connectivity index (χ1n) is 3.52. The molecule has 1 heterocycles. The van der Waals surface area contributed by atoms with E-state index in [4.69, 9.17) is 0 Å². The molecule has 10 heavy (non-hydrogen) atoms. The third-order valence-corrected chi connectivity index (χ3v) is 1.01. The summed E-state index contributed by atoms with van der Waals surface area (Å²) in [5.74, 6) is -0.0370. The molecule has 0 N–H and O–H groups in total. The van der Waals surface area contributed by atoms with E-state index in [1.165, 1.54) is 0 Å². The van der Waals surface area contributed by atoms with Gasteiger partial charge in [0.1, 0.15) is 0 Å². The van der Waals surface area contributed by atoms with E-state index in [1.54, 1.807) is 6.21 Å². The highest BCUT2D eigenvalue weighted by Gasteiger charge is 2.01. The first-order chi connectivity index (χ1) is 4.79. The minimum absolute atomic E-state index is 0.0370. The van der Waals surface area contributed by atoms with Crippen LogP contribution in [0.4, 0.5) is 0 Å². The molecule has 1 rings (SSSR count). The predicted octanol–water partition coefficient (Wildman–Crippen LogP) is 1.96. The Morgan fingerprint density at radius 2 is 2.10 bits per heavy atom. The van der Waals surface area contributed by atoms with E-state index < -0.39 is 0 Å². The number of carbonyl (C=O) groups is 1. The zero-order chi connectivity index (χ0) is 7.98. The van der Waals surface area contributed by atoms with Crippen LogP contribution in [0.3, 0.4) is 0 Å². The fraction of sp³-hybridized carbons (Fsp3) is 0.500. The van der Waals surface area contributed by atoms with Crippen molar-refractivity contribution in [2.45, 2.75) is 27.2 Å². The van der Waals surface area contributed by atoms with Gasteiger partial charge in [-0.2, -0.15) is 0 Å². The van der Waals surface area contributed by atoms with Crippen molar-refractivity contribution < 1.29 is 4.79 Å². The first-order valence-corrected chi connectivity index (χ1v) is 3.52. The van der Waals surface area contributed by atoms with Gasteiger partial charge in [-0.15, -0.1) is 0 Å². The standard InChI is InChI=1S/C6H7NO.C2H6/c1-5-2-3-7-6(8)4-5;1-2/h2-3H,4H2,1H3;1-2H3. The molecule has 0 atom stereocenters. The van der Waals surface area contributed by atoms with Crippen LogP contribution in [0.25, 0.3) is 0 Å². The van der Waals surface area contributed by atoms with Crippen LogP contribution in [0, 0.1) is 0 Å². The second kappa shape index (κ2) is 4.91. The lowest BCUT2D eigenvalue weighted by molar-refractivity contribution is -0.117. The van der Waals surface area contributed by atoms with Gasteiger partial charge < -0.3 is 0 Å². The Hall–Kier alpha value is -0.920. The van der Waals surface area contributed by atoms with E-state index in [2.05, 4.69) is 4.99 Å². The molecule has 1 aliphatic heterocycles. The average molecular weight is 139 g/mol. The lowest BCUT2D eigenvalue weighted by Gasteiger charge is -1.97. The normalized spacial score (nSPS) is 15.5. The van der Waals surface area contributed by atoms with Gasteiger partial charge in [0.05, 0.1) is 6.42 Å². The van der Waals surface area contributed by atoms with Crippen molar-refractivity contribution in [3.05, 3.63) is 11.6 Å². The molecule has 1 aliphatic rings. The summed E-state index contributed by atoms with van der Waals surface area (Å²) in [5.41, 5.74) is 1.09. The summed E-state index contributed by atoms with van der Waals surface area (Å²) in [6.45, 7) is 5.92. The summed E-state index contributed by atoms with van der Waals surface area (Å²) in [6.07, 6.45) is 3.89.